The van der Waals surface area contributed by atoms with Gasteiger partial charge in [0.2, 0.25) is 0 Å². The number of nitrogens with one attached hydrogen (secondary N) is 1. The molecule has 0 unspecified atom stereocenters. The van der Waals surface area contributed by atoms with E-state index in [1.54, 1.807) is 22.9 Å². The molecule has 0 spiro atoms. The Bertz CT molecular complexity index is 863. The van der Waals surface area contributed by atoms with E-state index in [9.17, 15) is 9.59 Å². The van der Waals surface area contributed by atoms with E-state index in [1.807, 2.05) is 20.8 Å². The summed E-state index contributed by atoms with van der Waals surface area (Å²) in [6.45, 7) is 8.45. The lowest BCUT2D eigenvalue weighted by atomic mass is 10.0. The van der Waals surface area contributed by atoms with Crippen LogP contribution < -0.4 is 20.3 Å². The summed E-state index contributed by atoms with van der Waals surface area (Å²) < 4.78 is 12.3. The maximum absolute atomic E-state index is 13.0. The number of methoxy groups -OCH3 is 2. The van der Waals surface area contributed by atoms with Gasteiger partial charge in [-0.25, -0.2) is 0 Å². The SMILES string of the molecule is CCCCNC(=O)c1cn(C(C)(C)C)c(=O)c2cc(OC)c(OC)cc12. The average Bonchev–Trinajstić information content (AvgIpc) is 2.60. The molecule has 1 N–H and O–H groups in total. The van der Waals surface area contributed by atoms with E-state index < -0.39 is 5.54 Å². The molecule has 6 heteroatoms. The Labute approximate surface area is 154 Å². The maximum atomic E-state index is 13.0. The van der Waals surface area contributed by atoms with E-state index in [0.29, 0.717) is 34.4 Å². The predicted molar refractivity (Wildman–Crippen MR) is 104 cm³/mol. The number of hydrogen-bond acceptors (Lipinski definition) is 4. The molecular formula is C20H28N2O4. The fraction of sp³-hybridized carbons (Fsp3) is 0.500. The summed E-state index contributed by atoms with van der Waals surface area (Å²) in [6.07, 6.45) is 3.53. The van der Waals surface area contributed by atoms with Crippen LogP contribution in [0.3, 0.4) is 0 Å². The number of carbonyl (C=O) groups is 1. The molecule has 0 saturated carbocycles. The molecule has 0 aliphatic carbocycles. The number of benzene rings is 1. The maximum Gasteiger partial charge on any atom is 0.259 e. The highest BCUT2D eigenvalue weighted by Gasteiger charge is 2.22. The topological polar surface area (TPSA) is 69.6 Å². The Morgan fingerprint density at radius 2 is 1.69 bits per heavy atom. The molecule has 0 bridgehead atoms. The smallest absolute Gasteiger partial charge is 0.259 e. The number of hydrogen-bond donors (Lipinski definition) is 1. The number of rotatable bonds is 6. The van der Waals surface area contributed by atoms with Gasteiger partial charge in [0, 0.05) is 23.7 Å². The summed E-state index contributed by atoms with van der Waals surface area (Å²) in [7, 11) is 3.05. The van der Waals surface area contributed by atoms with Gasteiger partial charge in [-0.15, -0.1) is 0 Å². The molecule has 1 amide bonds. The van der Waals surface area contributed by atoms with Crippen LogP contribution in [-0.2, 0) is 5.54 Å². The molecule has 6 nitrogen and oxygen atoms in total. The molecule has 26 heavy (non-hydrogen) atoms. The lowest BCUT2D eigenvalue weighted by Gasteiger charge is -2.24. The zero-order valence-corrected chi connectivity index (χ0v) is 16.4. The molecule has 0 radical (unpaired) electrons. The number of aromatic nitrogens is 1. The fourth-order valence-corrected chi connectivity index (χ4v) is 2.82. The van der Waals surface area contributed by atoms with Crippen molar-refractivity contribution in [3.05, 3.63) is 34.2 Å². The average molecular weight is 360 g/mol. The van der Waals surface area contributed by atoms with Gasteiger partial charge in [0.15, 0.2) is 11.5 Å². The van der Waals surface area contributed by atoms with Crippen LogP contribution in [0, 0.1) is 0 Å². The largest absolute Gasteiger partial charge is 0.493 e. The molecule has 1 aromatic carbocycles. The minimum Gasteiger partial charge on any atom is -0.493 e. The van der Waals surface area contributed by atoms with Crippen molar-refractivity contribution in [3.63, 3.8) is 0 Å². The lowest BCUT2D eigenvalue weighted by Crippen LogP contribution is -2.35. The van der Waals surface area contributed by atoms with Crippen LogP contribution in [-0.4, -0.2) is 31.2 Å². The number of ether oxygens (including phenoxy) is 2. The third kappa shape index (κ3) is 3.84. The van der Waals surface area contributed by atoms with Gasteiger partial charge in [0.25, 0.3) is 11.5 Å². The zero-order chi connectivity index (χ0) is 19.5. The third-order valence-electron chi connectivity index (χ3n) is 4.30. The first-order chi connectivity index (χ1) is 12.2. The third-order valence-corrected chi connectivity index (χ3v) is 4.30. The predicted octanol–water partition coefficient (Wildman–Crippen LogP) is 3.30. The van der Waals surface area contributed by atoms with Crippen molar-refractivity contribution in [3.8, 4) is 11.5 Å². The van der Waals surface area contributed by atoms with Gasteiger partial charge in [-0.05, 0) is 39.3 Å². The van der Waals surface area contributed by atoms with Crippen molar-refractivity contribution in [1.82, 2.24) is 9.88 Å². The number of carbonyl (C=O) groups excluding carboxylic acids is 1. The Hall–Kier alpha value is -2.50. The number of nitrogens with zero attached hydrogens (tertiary/aromatic N) is 1. The van der Waals surface area contributed by atoms with Crippen LogP contribution in [0.1, 0.15) is 50.9 Å². The second-order valence-corrected chi connectivity index (χ2v) is 7.25. The van der Waals surface area contributed by atoms with Crippen molar-refractivity contribution in [2.75, 3.05) is 20.8 Å². The van der Waals surface area contributed by atoms with Crippen LogP contribution in [0.15, 0.2) is 23.1 Å². The molecule has 0 fully saturated rings. The molecule has 0 atom stereocenters. The second-order valence-electron chi connectivity index (χ2n) is 7.25. The molecule has 0 aliphatic rings. The van der Waals surface area contributed by atoms with E-state index >= 15 is 0 Å². The first kappa shape index (κ1) is 19.8. The van der Waals surface area contributed by atoms with Crippen LogP contribution in [0.2, 0.25) is 0 Å². The minimum atomic E-state index is -0.461. The molecule has 0 aliphatic heterocycles. The highest BCUT2D eigenvalue weighted by atomic mass is 16.5. The first-order valence-electron chi connectivity index (χ1n) is 8.84. The monoisotopic (exact) mass is 360 g/mol. The van der Waals surface area contributed by atoms with Gasteiger partial charge < -0.3 is 19.4 Å². The first-order valence-corrected chi connectivity index (χ1v) is 8.84. The van der Waals surface area contributed by atoms with E-state index in [4.69, 9.17) is 9.47 Å². The Kier molecular flexibility index (Phi) is 5.95. The fourth-order valence-electron chi connectivity index (χ4n) is 2.82. The van der Waals surface area contributed by atoms with Gasteiger partial charge >= 0.3 is 0 Å². The second kappa shape index (κ2) is 7.81. The van der Waals surface area contributed by atoms with Crippen molar-refractivity contribution in [2.24, 2.45) is 0 Å². The quantitative estimate of drug-likeness (QED) is 0.803. The van der Waals surface area contributed by atoms with Crippen LogP contribution in [0.4, 0.5) is 0 Å². The molecular weight excluding hydrogens is 332 g/mol. The van der Waals surface area contributed by atoms with Gasteiger partial charge in [-0.1, -0.05) is 13.3 Å². The van der Waals surface area contributed by atoms with Crippen molar-refractivity contribution < 1.29 is 14.3 Å². The van der Waals surface area contributed by atoms with Gasteiger partial charge in [0.1, 0.15) is 0 Å². The van der Waals surface area contributed by atoms with E-state index in [0.717, 1.165) is 12.8 Å². The standard InChI is InChI=1S/C20H28N2O4/c1-7-8-9-21-18(23)15-12-22(20(2,3)4)19(24)14-11-17(26-6)16(25-5)10-13(14)15/h10-12H,7-9H2,1-6H3,(H,21,23). The van der Waals surface area contributed by atoms with Crippen molar-refractivity contribution in [1.29, 1.82) is 0 Å². The summed E-state index contributed by atoms with van der Waals surface area (Å²) >= 11 is 0. The number of fused-ring (bicyclic) bond motifs is 1. The molecule has 2 aromatic rings. The Balaban J connectivity index is 2.77. The Morgan fingerprint density at radius 3 is 2.19 bits per heavy atom. The van der Waals surface area contributed by atoms with E-state index in [2.05, 4.69) is 12.2 Å². The molecule has 142 valence electrons. The zero-order valence-electron chi connectivity index (χ0n) is 16.4. The molecule has 1 aromatic heterocycles. The van der Waals surface area contributed by atoms with Gasteiger partial charge in [0.05, 0.1) is 25.2 Å². The summed E-state index contributed by atoms with van der Waals surface area (Å²) in [4.78, 5) is 25.8. The summed E-state index contributed by atoms with van der Waals surface area (Å²) in [5, 5.41) is 3.92. The highest BCUT2D eigenvalue weighted by molar-refractivity contribution is 6.07. The summed E-state index contributed by atoms with van der Waals surface area (Å²) in [5.41, 5.74) is -0.179. The summed E-state index contributed by atoms with van der Waals surface area (Å²) in [6, 6.07) is 3.33. The molecule has 0 saturated heterocycles. The minimum absolute atomic E-state index is 0.168. The number of amides is 1. The van der Waals surface area contributed by atoms with Gasteiger partial charge in [-0.3, -0.25) is 9.59 Å². The van der Waals surface area contributed by atoms with Crippen LogP contribution in [0.25, 0.3) is 10.8 Å². The van der Waals surface area contributed by atoms with Crippen LogP contribution >= 0.6 is 0 Å². The number of pyridine rings is 1. The van der Waals surface area contributed by atoms with Crippen molar-refractivity contribution >= 4 is 16.7 Å². The van der Waals surface area contributed by atoms with Gasteiger partial charge in [-0.2, -0.15) is 0 Å². The van der Waals surface area contributed by atoms with Crippen LogP contribution in [0.5, 0.6) is 11.5 Å². The number of unbranched alkanes of at least 4 members (excludes halogenated alkanes) is 1. The lowest BCUT2D eigenvalue weighted by molar-refractivity contribution is 0.0953. The van der Waals surface area contributed by atoms with Crippen molar-refractivity contribution in [2.45, 2.75) is 46.1 Å². The van der Waals surface area contributed by atoms with E-state index in [1.165, 1.54) is 14.2 Å². The highest BCUT2D eigenvalue weighted by Crippen LogP contribution is 2.33. The summed E-state index contributed by atoms with van der Waals surface area (Å²) in [5.74, 6) is 0.741. The Morgan fingerprint density at radius 1 is 1.12 bits per heavy atom. The molecule has 2 rings (SSSR count). The normalized spacial score (nSPS) is 11.5. The van der Waals surface area contributed by atoms with E-state index in [-0.39, 0.29) is 11.5 Å². The molecule has 1 heterocycles.